The first-order valence-electron chi connectivity index (χ1n) is 6.13. The van der Waals surface area contributed by atoms with Crippen LogP contribution < -0.4 is 5.32 Å². The quantitative estimate of drug-likeness (QED) is 0.869. The number of alkyl halides is 3. The fraction of sp³-hybridized carbons (Fsp3) is 0.500. The van der Waals surface area contributed by atoms with Gasteiger partial charge < -0.3 is 19.4 Å². The maximum atomic E-state index is 13.2. The molecule has 0 aliphatic carbocycles. The minimum absolute atomic E-state index is 0.0175. The standard InChI is InChI=1S/C12H15F3N4O2/c1-8-18-6-9(21-8)5-16-7-11(20,12(13,14)15)10-17-3-4-19(10)2/h3-4,6,16,20H,5,7H2,1-2H3. The van der Waals surface area contributed by atoms with Crippen molar-refractivity contribution in [2.24, 2.45) is 7.05 Å². The van der Waals surface area contributed by atoms with E-state index in [1.165, 1.54) is 25.6 Å². The Morgan fingerprint density at radius 1 is 1.38 bits per heavy atom. The molecule has 21 heavy (non-hydrogen) atoms. The summed E-state index contributed by atoms with van der Waals surface area (Å²) in [7, 11) is 1.39. The van der Waals surface area contributed by atoms with E-state index >= 15 is 0 Å². The lowest BCUT2D eigenvalue weighted by Crippen LogP contribution is -2.51. The molecule has 2 rings (SSSR count). The summed E-state index contributed by atoms with van der Waals surface area (Å²) in [5.74, 6) is 0.329. The van der Waals surface area contributed by atoms with Crippen LogP contribution in [-0.2, 0) is 19.2 Å². The monoisotopic (exact) mass is 304 g/mol. The van der Waals surface area contributed by atoms with Gasteiger partial charge in [0.1, 0.15) is 5.76 Å². The number of rotatable bonds is 5. The Morgan fingerprint density at radius 2 is 2.10 bits per heavy atom. The minimum atomic E-state index is -4.86. The zero-order valence-electron chi connectivity index (χ0n) is 11.5. The van der Waals surface area contributed by atoms with Crippen molar-refractivity contribution >= 4 is 0 Å². The van der Waals surface area contributed by atoms with Crippen LogP contribution in [0.3, 0.4) is 0 Å². The normalized spacial score (nSPS) is 15.1. The molecular weight excluding hydrogens is 289 g/mol. The lowest BCUT2D eigenvalue weighted by Gasteiger charge is -2.30. The van der Waals surface area contributed by atoms with Crippen LogP contribution in [0.1, 0.15) is 17.5 Å². The molecule has 0 spiro atoms. The molecule has 0 aromatic carbocycles. The number of aryl methyl sites for hydroxylation is 2. The molecule has 0 aliphatic rings. The SMILES string of the molecule is Cc1ncc(CNCC(O)(c2nccn2C)C(F)(F)F)o1. The summed E-state index contributed by atoms with van der Waals surface area (Å²) in [4.78, 5) is 7.44. The van der Waals surface area contributed by atoms with E-state index < -0.39 is 24.1 Å². The molecule has 0 saturated heterocycles. The van der Waals surface area contributed by atoms with Crippen LogP contribution >= 0.6 is 0 Å². The van der Waals surface area contributed by atoms with E-state index in [9.17, 15) is 18.3 Å². The molecule has 0 bridgehead atoms. The van der Waals surface area contributed by atoms with Crippen LogP contribution in [-0.4, -0.2) is 32.4 Å². The van der Waals surface area contributed by atoms with E-state index in [0.717, 1.165) is 4.57 Å². The van der Waals surface area contributed by atoms with Gasteiger partial charge in [-0.3, -0.25) is 0 Å². The van der Waals surface area contributed by atoms with Crippen molar-refractivity contribution in [1.29, 1.82) is 0 Å². The third-order valence-corrected chi connectivity index (χ3v) is 3.01. The van der Waals surface area contributed by atoms with E-state index in [0.29, 0.717) is 11.7 Å². The van der Waals surface area contributed by atoms with E-state index in [1.807, 2.05) is 0 Å². The molecule has 2 aromatic heterocycles. The second-order valence-corrected chi connectivity index (χ2v) is 4.67. The number of imidazole rings is 1. The summed E-state index contributed by atoms with van der Waals surface area (Å²) in [6.45, 7) is 0.897. The van der Waals surface area contributed by atoms with Crippen LogP contribution in [0.25, 0.3) is 0 Å². The van der Waals surface area contributed by atoms with Crippen molar-refractivity contribution < 1.29 is 22.7 Å². The topological polar surface area (TPSA) is 76.1 Å². The number of hydrogen-bond acceptors (Lipinski definition) is 5. The highest BCUT2D eigenvalue weighted by Crippen LogP contribution is 2.37. The largest absolute Gasteiger partial charge is 0.445 e. The number of aromatic nitrogens is 3. The van der Waals surface area contributed by atoms with Gasteiger partial charge in [-0.15, -0.1) is 0 Å². The first-order valence-corrected chi connectivity index (χ1v) is 6.13. The number of aliphatic hydroxyl groups is 1. The molecular formula is C12H15F3N4O2. The Bertz CT molecular complexity index is 608. The smallest absolute Gasteiger partial charge is 0.425 e. The van der Waals surface area contributed by atoms with Gasteiger partial charge in [0.2, 0.25) is 5.60 Å². The summed E-state index contributed by atoms with van der Waals surface area (Å²) >= 11 is 0. The van der Waals surface area contributed by atoms with Gasteiger partial charge in [0, 0.05) is 32.9 Å². The zero-order chi connectivity index (χ0) is 15.7. The fourth-order valence-electron chi connectivity index (χ4n) is 1.92. The van der Waals surface area contributed by atoms with E-state index in [4.69, 9.17) is 4.42 Å². The highest BCUT2D eigenvalue weighted by molar-refractivity contribution is 5.09. The Morgan fingerprint density at radius 3 is 2.57 bits per heavy atom. The van der Waals surface area contributed by atoms with Crippen molar-refractivity contribution in [3.05, 3.63) is 36.1 Å². The number of nitrogens with zero attached hydrogens (tertiary/aromatic N) is 3. The molecule has 0 radical (unpaired) electrons. The second kappa shape index (κ2) is 5.49. The zero-order valence-corrected chi connectivity index (χ0v) is 11.5. The van der Waals surface area contributed by atoms with Crippen LogP contribution in [0.15, 0.2) is 23.0 Å². The van der Waals surface area contributed by atoms with Gasteiger partial charge in [-0.25, -0.2) is 9.97 Å². The van der Waals surface area contributed by atoms with Crippen molar-refractivity contribution in [1.82, 2.24) is 19.9 Å². The van der Waals surface area contributed by atoms with Crippen molar-refractivity contribution in [2.45, 2.75) is 25.2 Å². The predicted molar refractivity (Wildman–Crippen MR) is 66.1 cm³/mol. The summed E-state index contributed by atoms with van der Waals surface area (Å²) in [5.41, 5.74) is -3.08. The van der Waals surface area contributed by atoms with Gasteiger partial charge >= 0.3 is 6.18 Å². The molecule has 116 valence electrons. The van der Waals surface area contributed by atoms with Crippen molar-refractivity contribution in [3.63, 3.8) is 0 Å². The van der Waals surface area contributed by atoms with Gasteiger partial charge in [0.05, 0.1) is 12.7 Å². The van der Waals surface area contributed by atoms with Gasteiger partial charge in [0.15, 0.2) is 11.7 Å². The molecule has 6 nitrogen and oxygen atoms in total. The molecule has 9 heteroatoms. The molecule has 0 amide bonds. The first-order chi connectivity index (χ1) is 9.74. The number of nitrogens with one attached hydrogen (secondary N) is 1. The van der Waals surface area contributed by atoms with E-state index in [1.54, 1.807) is 6.92 Å². The van der Waals surface area contributed by atoms with E-state index in [-0.39, 0.29) is 6.54 Å². The summed E-state index contributed by atoms with van der Waals surface area (Å²) in [6.07, 6.45) is -0.913. The first kappa shape index (κ1) is 15.5. The number of hydrogen-bond donors (Lipinski definition) is 2. The average Bonchev–Trinajstić information content (AvgIpc) is 2.97. The molecule has 0 fully saturated rings. The van der Waals surface area contributed by atoms with Crippen LogP contribution in [0, 0.1) is 6.92 Å². The highest BCUT2D eigenvalue weighted by Gasteiger charge is 2.57. The average molecular weight is 304 g/mol. The van der Waals surface area contributed by atoms with Crippen LogP contribution in [0.5, 0.6) is 0 Å². The van der Waals surface area contributed by atoms with Crippen LogP contribution in [0.4, 0.5) is 13.2 Å². The Labute approximate surface area is 118 Å². The summed E-state index contributed by atoms with van der Waals surface area (Å²) in [5, 5.41) is 12.6. The Hall–Kier alpha value is -1.87. The second-order valence-electron chi connectivity index (χ2n) is 4.67. The number of oxazole rings is 1. The molecule has 2 aromatic rings. The highest BCUT2D eigenvalue weighted by atomic mass is 19.4. The lowest BCUT2D eigenvalue weighted by molar-refractivity contribution is -0.268. The van der Waals surface area contributed by atoms with Gasteiger partial charge in [-0.05, 0) is 0 Å². The van der Waals surface area contributed by atoms with Gasteiger partial charge in [0.25, 0.3) is 0 Å². The lowest BCUT2D eigenvalue weighted by atomic mass is 10.0. The fourth-order valence-corrected chi connectivity index (χ4v) is 1.92. The summed E-state index contributed by atoms with van der Waals surface area (Å²) < 4.78 is 45.9. The molecule has 2 N–H and O–H groups in total. The third kappa shape index (κ3) is 3.08. The maximum Gasteiger partial charge on any atom is 0.425 e. The predicted octanol–water partition coefficient (Wildman–Crippen LogP) is 1.26. The van der Waals surface area contributed by atoms with Gasteiger partial charge in [-0.2, -0.15) is 13.2 Å². The maximum absolute atomic E-state index is 13.2. The Balaban J connectivity index is 2.13. The van der Waals surface area contributed by atoms with Crippen molar-refractivity contribution in [2.75, 3.05) is 6.54 Å². The van der Waals surface area contributed by atoms with Crippen molar-refractivity contribution in [3.8, 4) is 0 Å². The molecule has 0 aliphatic heterocycles. The molecule has 1 unspecified atom stereocenters. The number of halogens is 3. The molecule has 1 atom stereocenters. The van der Waals surface area contributed by atoms with E-state index in [2.05, 4.69) is 15.3 Å². The third-order valence-electron chi connectivity index (χ3n) is 3.01. The van der Waals surface area contributed by atoms with Gasteiger partial charge in [-0.1, -0.05) is 0 Å². The molecule has 2 heterocycles. The minimum Gasteiger partial charge on any atom is -0.445 e. The Kier molecular flexibility index (Phi) is 4.06. The summed E-state index contributed by atoms with van der Waals surface area (Å²) in [6, 6.07) is 0. The van der Waals surface area contributed by atoms with Crippen LogP contribution in [0.2, 0.25) is 0 Å². The molecule has 0 saturated carbocycles.